The lowest BCUT2D eigenvalue weighted by molar-refractivity contribution is -0.0861. The van der Waals surface area contributed by atoms with Crippen LogP contribution in [0.25, 0.3) is 0 Å². The van der Waals surface area contributed by atoms with Gasteiger partial charge in [0.05, 0.1) is 18.6 Å². The van der Waals surface area contributed by atoms with Crippen LogP contribution in [0.4, 0.5) is 4.39 Å². The van der Waals surface area contributed by atoms with Gasteiger partial charge in [-0.15, -0.1) is 11.6 Å². The number of rotatable bonds is 2. The first-order valence-electron chi connectivity index (χ1n) is 4.47. The lowest BCUT2D eigenvalue weighted by Gasteiger charge is -2.20. The van der Waals surface area contributed by atoms with Crippen molar-refractivity contribution in [2.24, 2.45) is 0 Å². The molecule has 0 N–H and O–H groups in total. The van der Waals surface area contributed by atoms with E-state index in [4.69, 9.17) is 21.1 Å². The Morgan fingerprint density at radius 2 is 2.13 bits per heavy atom. The Bertz CT molecular complexity index is 346. The van der Waals surface area contributed by atoms with E-state index < -0.39 is 4.70 Å². The van der Waals surface area contributed by atoms with Gasteiger partial charge in [-0.2, -0.15) is 0 Å². The third kappa shape index (κ3) is 2.33. The molecule has 2 atom stereocenters. The fourth-order valence-electron chi connectivity index (χ4n) is 1.36. The molecule has 0 amide bonds. The second-order valence-electron chi connectivity index (χ2n) is 3.25. The van der Waals surface area contributed by atoms with E-state index in [0.717, 1.165) is 5.56 Å². The van der Waals surface area contributed by atoms with Gasteiger partial charge in [0.1, 0.15) is 5.82 Å². The summed E-state index contributed by atoms with van der Waals surface area (Å²) < 4.78 is 22.8. The Morgan fingerprint density at radius 3 is 2.67 bits per heavy atom. The van der Waals surface area contributed by atoms with Crippen molar-refractivity contribution in [1.82, 2.24) is 0 Å². The van der Waals surface area contributed by atoms with E-state index >= 15 is 0 Å². The molecule has 1 aliphatic rings. The summed E-state index contributed by atoms with van der Waals surface area (Å²) >= 11 is 9.00. The topological polar surface area (TPSA) is 18.5 Å². The van der Waals surface area contributed by atoms with Crippen molar-refractivity contribution in [3.63, 3.8) is 0 Å². The van der Waals surface area contributed by atoms with Gasteiger partial charge < -0.3 is 9.47 Å². The number of hydrogen-bond donors (Lipinski definition) is 0. The zero-order valence-corrected chi connectivity index (χ0v) is 10.1. The summed E-state index contributed by atoms with van der Waals surface area (Å²) in [5.41, 5.74) is 0.719. The normalized spacial score (nSPS) is 30.7. The van der Waals surface area contributed by atoms with Crippen LogP contribution in [0.3, 0.4) is 0 Å². The molecule has 0 aliphatic carbocycles. The molecule has 0 saturated carbocycles. The molecule has 82 valence electrons. The number of benzene rings is 1. The number of alkyl halides is 2. The molecular weight excluding hydrogens is 286 g/mol. The maximum atomic E-state index is 12.7. The van der Waals surface area contributed by atoms with Gasteiger partial charge in [-0.1, -0.05) is 0 Å². The summed E-state index contributed by atoms with van der Waals surface area (Å²) in [7, 11) is 0. The van der Waals surface area contributed by atoms with Crippen LogP contribution in [0.5, 0.6) is 0 Å². The average molecular weight is 296 g/mol. The highest BCUT2D eigenvalue weighted by molar-refractivity contribution is 9.09. The highest BCUT2D eigenvalue weighted by atomic mass is 79.9. The molecule has 1 aromatic rings. The molecule has 0 unspecified atom stereocenters. The maximum Gasteiger partial charge on any atom is 0.254 e. The molecule has 2 nitrogen and oxygen atoms in total. The predicted molar refractivity (Wildman–Crippen MR) is 58.6 cm³/mol. The Morgan fingerprint density at radius 1 is 1.47 bits per heavy atom. The fraction of sp³-hybridized carbons (Fsp3) is 0.400. The minimum atomic E-state index is -0.986. The van der Waals surface area contributed by atoms with Crippen molar-refractivity contribution in [2.45, 2.75) is 10.8 Å². The molecule has 0 spiro atoms. The third-order valence-electron chi connectivity index (χ3n) is 2.13. The minimum absolute atomic E-state index is 0.143. The van der Waals surface area contributed by atoms with E-state index in [2.05, 4.69) is 15.9 Å². The highest BCUT2D eigenvalue weighted by Gasteiger charge is 2.40. The standard InChI is InChI=1S/C10H9BrClFO2/c11-10(14-6-9(5-12)15-10)7-1-3-8(13)4-2-7/h1-4,9H,5-6H2/t9-,10+/m1/s1. The van der Waals surface area contributed by atoms with Crippen LogP contribution in [0.2, 0.25) is 0 Å². The minimum Gasteiger partial charge on any atom is -0.334 e. The molecule has 0 radical (unpaired) electrons. The second kappa shape index (κ2) is 4.37. The quantitative estimate of drug-likeness (QED) is 0.781. The van der Waals surface area contributed by atoms with Crippen molar-refractivity contribution in [3.05, 3.63) is 35.6 Å². The summed E-state index contributed by atoms with van der Waals surface area (Å²) in [6, 6.07) is 5.94. The summed E-state index contributed by atoms with van der Waals surface area (Å²) in [6.07, 6.45) is -0.143. The number of hydrogen-bond acceptors (Lipinski definition) is 2. The smallest absolute Gasteiger partial charge is 0.254 e. The molecule has 0 aromatic heterocycles. The Kier molecular flexibility index (Phi) is 3.30. The molecule has 15 heavy (non-hydrogen) atoms. The van der Waals surface area contributed by atoms with Crippen LogP contribution in [0.1, 0.15) is 5.56 Å². The van der Waals surface area contributed by atoms with Gasteiger partial charge in [-0.3, -0.25) is 0 Å². The van der Waals surface area contributed by atoms with E-state index in [-0.39, 0.29) is 11.9 Å². The zero-order valence-electron chi connectivity index (χ0n) is 7.75. The summed E-state index contributed by atoms with van der Waals surface area (Å²) in [4.78, 5) is 0. The van der Waals surface area contributed by atoms with Gasteiger partial charge in [-0.25, -0.2) is 4.39 Å². The van der Waals surface area contributed by atoms with Crippen LogP contribution in [0.15, 0.2) is 24.3 Å². The molecule has 1 aliphatic heterocycles. The van der Waals surface area contributed by atoms with Crippen molar-refractivity contribution in [1.29, 1.82) is 0 Å². The van der Waals surface area contributed by atoms with Gasteiger partial charge >= 0.3 is 0 Å². The zero-order chi connectivity index (χ0) is 10.9. The summed E-state index contributed by atoms with van der Waals surface area (Å²) in [6.45, 7) is 0.423. The van der Waals surface area contributed by atoms with Crippen LogP contribution >= 0.6 is 27.5 Å². The molecule has 1 saturated heterocycles. The first-order valence-corrected chi connectivity index (χ1v) is 5.79. The molecule has 1 heterocycles. The van der Waals surface area contributed by atoms with E-state index in [9.17, 15) is 4.39 Å². The summed E-state index contributed by atoms with van der Waals surface area (Å²) in [5, 5.41) is 0. The van der Waals surface area contributed by atoms with Crippen LogP contribution in [-0.4, -0.2) is 18.6 Å². The highest BCUT2D eigenvalue weighted by Crippen LogP contribution is 2.40. The molecule has 0 bridgehead atoms. The first kappa shape index (κ1) is 11.3. The Balaban J connectivity index is 2.20. The van der Waals surface area contributed by atoms with E-state index in [0.29, 0.717) is 12.5 Å². The third-order valence-corrected chi connectivity index (χ3v) is 3.35. The predicted octanol–water partition coefficient (Wildman–Crippen LogP) is 2.99. The van der Waals surface area contributed by atoms with Gasteiger partial charge in [0.25, 0.3) is 4.70 Å². The largest absolute Gasteiger partial charge is 0.334 e. The molecular formula is C10H9BrClFO2. The Labute approximate surface area is 100 Å². The van der Waals surface area contributed by atoms with Gasteiger partial charge in [0, 0.05) is 5.56 Å². The van der Waals surface area contributed by atoms with Crippen molar-refractivity contribution < 1.29 is 13.9 Å². The SMILES string of the molecule is Fc1ccc([C@]2(Br)OC[C@@H](CCl)O2)cc1. The number of halogens is 3. The first-order chi connectivity index (χ1) is 7.14. The number of ether oxygens (including phenoxy) is 2. The Hall–Kier alpha value is -0.160. The van der Waals surface area contributed by atoms with Crippen molar-refractivity contribution in [2.75, 3.05) is 12.5 Å². The summed E-state index contributed by atoms with van der Waals surface area (Å²) in [5.74, 6) is 0.0795. The fourth-order valence-corrected chi connectivity index (χ4v) is 2.17. The average Bonchev–Trinajstić information content (AvgIpc) is 2.62. The van der Waals surface area contributed by atoms with Crippen molar-refractivity contribution in [3.8, 4) is 0 Å². The molecule has 1 fully saturated rings. The lowest BCUT2D eigenvalue weighted by atomic mass is 10.2. The second-order valence-corrected chi connectivity index (χ2v) is 4.60. The lowest BCUT2D eigenvalue weighted by Crippen LogP contribution is -2.20. The maximum absolute atomic E-state index is 12.7. The molecule has 2 rings (SSSR count). The van der Waals surface area contributed by atoms with Crippen LogP contribution < -0.4 is 0 Å². The van der Waals surface area contributed by atoms with Crippen LogP contribution in [0, 0.1) is 5.82 Å². The molecule has 1 aromatic carbocycles. The van der Waals surface area contributed by atoms with Crippen molar-refractivity contribution >= 4 is 27.5 Å². The van der Waals surface area contributed by atoms with Gasteiger partial charge in [0.2, 0.25) is 0 Å². The van der Waals surface area contributed by atoms with E-state index in [1.165, 1.54) is 12.1 Å². The van der Waals surface area contributed by atoms with E-state index in [1.54, 1.807) is 12.1 Å². The van der Waals surface area contributed by atoms with Gasteiger partial charge in [0.15, 0.2) is 0 Å². The molecule has 5 heteroatoms. The van der Waals surface area contributed by atoms with Crippen LogP contribution in [-0.2, 0) is 14.2 Å². The van der Waals surface area contributed by atoms with Gasteiger partial charge in [-0.05, 0) is 40.2 Å². The van der Waals surface area contributed by atoms with E-state index in [1.807, 2.05) is 0 Å². The monoisotopic (exact) mass is 294 g/mol.